The highest BCUT2D eigenvalue weighted by molar-refractivity contribution is 6.32. The fourth-order valence-corrected chi connectivity index (χ4v) is 2.08. The Bertz CT molecular complexity index is 617. The summed E-state index contributed by atoms with van der Waals surface area (Å²) in [6, 6.07) is 1.87. The van der Waals surface area contributed by atoms with E-state index in [9.17, 15) is 0 Å². The smallest absolute Gasteiger partial charge is 0.220 e. The molecule has 22 heavy (non-hydrogen) atoms. The monoisotopic (exact) mass is 320 g/mol. The van der Waals surface area contributed by atoms with Crippen LogP contribution in [-0.4, -0.2) is 21.1 Å². The molecule has 0 amide bonds. The molecule has 2 aromatic rings. The highest BCUT2D eigenvalue weighted by Crippen LogP contribution is 2.30. The number of nitrogens with two attached hydrogens (primary N) is 1. The molecule has 1 aliphatic carbocycles. The van der Waals surface area contributed by atoms with Gasteiger partial charge < -0.3 is 10.5 Å². The normalized spacial score (nSPS) is 13.8. The van der Waals surface area contributed by atoms with Crippen molar-refractivity contribution in [3.05, 3.63) is 29.7 Å². The van der Waals surface area contributed by atoms with Crippen molar-refractivity contribution in [2.45, 2.75) is 45.6 Å². The van der Waals surface area contributed by atoms with Crippen LogP contribution in [0.1, 0.15) is 39.5 Å². The molecule has 3 rings (SSSR count). The molecule has 0 atom stereocenters. The zero-order chi connectivity index (χ0) is 15.9. The molecule has 0 radical (unpaired) electrons. The summed E-state index contributed by atoms with van der Waals surface area (Å²) in [6.45, 7) is 4.25. The Kier molecular flexibility index (Phi) is 5.95. The van der Waals surface area contributed by atoms with E-state index in [1.807, 2.05) is 6.07 Å². The first kappa shape index (κ1) is 16.5. The van der Waals surface area contributed by atoms with Crippen molar-refractivity contribution in [1.29, 1.82) is 0 Å². The molecule has 2 heterocycles. The molecule has 118 valence electrons. The molecule has 0 aliphatic heterocycles. The van der Waals surface area contributed by atoms with Gasteiger partial charge in [0, 0.05) is 11.8 Å². The molecule has 2 N–H and O–H groups in total. The summed E-state index contributed by atoms with van der Waals surface area (Å²) >= 11 is 6.08. The van der Waals surface area contributed by atoms with E-state index in [1.165, 1.54) is 19.0 Å². The topological polar surface area (TPSA) is 73.9 Å². The van der Waals surface area contributed by atoms with Gasteiger partial charge in [-0.1, -0.05) is 31.9 Å². The van der Waals surface area contributed by atoms with E-state index >= 15 is 0 Å². The van der Waals surface area contributed by atoms with Gasteiger partial charge in [0.2, 0.25) is 5.95 Å². The first-order chi connectivity index (χ1) is 10.6. The minimum atomic E-state index is 0.185. The second-order valence-corrected chi connectivity index (χ2v) is 5.62. The van der Waals surface area contributed by atoms with E-state index < -0.39 is 0 Å². The maximum atomic E-state index is 6.08. The van der Waals surface area contributed by atoms with Crippen molar-refractivity contribution in [3.63, 3.8) is 0 Å². The van der Waals surface area contributed by atoms with Crippen LogP contribution in [0.5, 0.6) is 5.75 Å². The van der Waals surface area contributed by atoms with Crippen LogP contribution in [0, 0.1) is 0 Å². The van der Waals surface area contributed by atoms with Gasteiger partial charge in [0.1, 0.15) is 5.75 Å². The molecular weight excluding hydrogens is 300 g/mol. The molecule has 1 saturated carbocycles. The molecule has 0 spiro atoms. The van der Waals surface area contributed by atoms with E-state index in [4.69, 9.17) is 22.1 Å². The van der Waals surface area contributed by atoms with Gasteiger partial charge in [0.05, 0.1) is 29.2 Å². The average molecular weight is 321 g/mol. The van der Waals surface area contributed by atoms with Crippen LogP contribution in [0.2, 0.25) is 5.02 Å². The summed E-state index contributed by atoms with van der Waals surface area (Å²) in [6.07, 6.45) is 9.85. The Labute approximate surface area is 135 Å². The van der Waals surface area contributed by atoms with Gasteiger partial charge in [-0.05, 0) is 25.3 Å². The van der Waals surface area contributed by atoms with E-state index in [2.05, 4.69) is 28.8 Å². The van der Waals surface area contributed by atoms with E-state index in [-0.39, 0.29) is 5.95 Å². The van der Waals surface area contributed by atoms with Crippen molar-refractivity contribution in [2.24, 2.45) is 0 Å². The van der Waals surface area contributed by atoms with Gasteiger partial charge in [-0.15, -0.1) is 0 Å². The number of anilines is 1. The lowest BCUT2D eigenvalue weighted by atomic mass is 9.96. The van der Waals surface area contributed by atoms with E-state index in [1.54, 1.807) is 12.4 Å². The first-order valence-electron chi connectivity index (χ1n) is 7.54. The third-order valence-corrected chi connectivity index (χ3v) is 3.38. The Morgan fingerprint density at radius 1 is 1.27 bits per heavy atom. The molecule has 6 heteroatoms. The highest BCUT2D eigenvalue weighted by atomic mass is 35.5. The van der Waals surface area contributed by atoms with Crippen molar-refractivity contribution in [3.8, 4) is 17.0 Å². The second kappa shape index (κ2) is 7.94. The van der Waals surface area contributed by atoms with Gasteiger partial charge in [0.15, 0.2) is 0 Å². The molecule has 1 fully saturated rings. The minimum absolute atomic E-state index is 0.185. The Hall–Kier alpha value is -1.88. The number of rotatable bonds is 3. The first-order valence-corrected chi connectivity index (χ1v) is 7.91. The number of hydrogen-bond donors (Lipinski definition) is 1. The Morgan fingerprint density at radius 3 is 2.64 bits per heavy atom. The maximum absolute atomic E-state index is 6.08. The van der Waals surface area contributed by atoms with Crippen molar-refractivity contribution >= 4 is 17.5 Å². The molecule has 0 bridgehead atoms. The van der Waals surface area contributed by atoms with E-state index in [0.717, 1.165) is 24.2 Å². The standard InChI is InChI=1S/C13H13ClN4O.C3H8/c14-11-7-17-13(15)18-12(11)8-4-10(6-16-5-8)19-9-2-1-3-9;1-3-2/h4-7,9H,1-3H2,(H2,15,17,18);3H2,1-2H3. The summed E-state index contributed by atoms with van der Waals surface area (Å²) < 4.78 is 5.80. The number of halogens is 1. The quantitative estimate of drug-likeness (QED) is 0.920. The number of nitrogens with zero attached hydrogens (tertiary/aromatic N) is 3. The summed E-state index contributed by atoms with van der Waals surface area (Å²) in [5.41, 5.74) is 6.93. The van der Waals surface area contributed by atoms with Gasteiger partial charge in [0.25, 0.3) is 0 Å². The number of aromatic nitrogens is 3. The van der Waals surface area contributed by atoms with Gasteiger partial charge in [-0.2, -0.15) is 0 Å². The zero-order valence-corrected chi connectivity index (χ0v) is 13.7. The number of pyridine rings is 1. The molecule has 0 saturated heterocycles. The van der Waals surface area contributed by atoms with Gasteiger partial charge in [-0.25, -0.2) is 9.97 Å². The summed E-state index contributed by atoms with van der Waals surface area (Å²) in [7, 11) is 0. The predicted octanol–water partition coefficient (Wildman–Crippen LogP) is 4.12. The molecule has 5 nitrogen and oxygen atoms in total. The SMILES string of the molecule is CCC.Nc1ncc(Cl)c(-c2cncc(OC3CCC3)c2)n1. The van der Waals surface area contributed by atoms with Crippen LogP contribution in [0.25, 0.3) is 11.3 Å². The fourth-order valence-electron chi connectivity index (χ4n) is 1.88. The Morgan fingerprint density at radius 2 is 2.00 bits per heavy atom. The zero-order valence-electron chi connectivity index (χ0n) is 12.9. The van der Waals surface area contributed by atoms with Gasteiger partial charge in [-0.3, -0.25) is 4.98 Å². The lowest BCUT2D eigenvalue weighted by molar-refractivity contribution is 0.120. The van der Waals surface area contributed by atoms with Crippen LogP contribution in [0.4, 0.5) is 5.95 Å². The second-order valence-electron chi connectivity index (χ2n) is 5.21. The van der Waals surface area contributed by atoms with Crippen molar-refractivity contribution < 1.29 is 4.74 Å². The largest absolute Gasteiger partial charge is 0.489 e. The maximum Gasteiger partial charge on any atom is 0.220 e. The number of nitrogen functional groups attached to an aromatic ring is 1. The molecule has 1 aliphatic rings. The van der Waals surface area contributed by atoms with Crippen molar-refractivity contribution in [1.82, 2.24) is 15.0 Å². The molecular formula is C16H21ClN4O. The summed E-state index contributed by atoms with van der Waals surface area (Å²) in [4.78, 5) is 12.1. The summed E-state index contributed by atoms with van der Waals surface area (Å²) in [5.74, 6) is 0.917. The molecule has 0 aromatic carbocycles. The van der Waals surface area contributed by atoms with Crippen LogP contribution in [0.15, 0.2) is 24.7 Å². The average Bonchev–Trinajstić information content (AvgIpc) is 2.47. The third kappa shape index (κ3) is 4.31. The highest BCUT2D eigenvalue weighted by Gasteiger charge is 2.19. The van der Waals surface area contributed by atoms with Crippen LogP contribution >= 0.6 is 11.6 Å². The fraction of sp³-hybridized carbons (Fsp3) is 0.438. The van der Waals surface area contributed by atoms with Crippen molar-refractivity contribution in [2.75, 3.05) is 5.73 Å². The summed E-state index contributed by atoms with van der Waals surface area (Å²) in [5, 5.41) is 0.441. The third-order valence-electron chi connectivity index (χ3n) is 3.10. The number of hydrogen-bond acceptors (Lipinski definition) is 5. The lowest BCUT2D eigenvalue weighted by Gasteiger charge is -2.26. The lowest BCUT2D eigenvalue weighted by Crippen LogP contribution is -2.24. The molecule has 2 aromatic heterocycles. The van der Waals surface area contributed by atoms with Crippen LogP contribution < -0.4 is 10.5 Å². The van der Waals surface area contributed by atoms with Gasteiger partial charge >= 0.3 is 0 Å². The molecule has 0 unspecified atom stereocenters. The van der Waals surface area contributed by atoms with Crippen LogP contribution in [0.3, 0.4) is 0 Å². The number of ether oxygens (including phenoxy) is 1. The minimum Gasteiger partial charge on any atom is -0.489 e. The van der Waals surface area contributed by atoms with E-state index in [0.29, 0.717) is 16.8 Å². The predicted molar refractivity (Wildman–Crippen MR) is 88.9 cm³/mol. The van der Waals surface area contributed by atoms with Crippen LogP contribution in [-0.2, 0) is 0 Å². The Balaban J connectivity index is 0.000000545.